The molecule has 1 fully saturated rings. The van der Waals surface area contributed by atoms with Crippen molar-refractivity contribution in [2.45, 2.75) is 25.2 Å². The monoisotopic (exact) mass is 414 g/mol. The van der Waals surface area contributed by atoms with Crippen LogP contribution in [0.2, 0.25) is 5.02 Å². The number of anilines is 1. The van der Waals surface area contributed by atoms with Gasteiger partial charge in [-0.3, -0.25) is 10.1 Å². The summed E-state index contributed by atoms with van der Waals surface area (Å²) in [6, 6.07) is 7.78. The van der Waals surface area contributed by atoms with Crippen LogP contribution >= 0.6 is 11.6 Å². The van der Waals surface area contributed by atoms with Crippen LogP contribution in [0.4, 0.5) is 24.5 Å². The minimum atomic E-state index is -3.15. The molecule has 2 unspecified atom stereocenters. The number of ether oxygens (including phenoxy) is 1. The molecule has 10 heteroatoms. The second-order valence-corrected chi connectivity index (χ2v) is 6.68. The number of benzene rings is 2. The smallest absolute Gasteiger partial charge is 0.387 e. The van der Waals surface area contributed by atoms with Crippen LogP contribution in [0.3, 0.4) is 0 Å². The highest BCUT2D eigenvalue weighted by atomic mass is 35.5. The predicted octanol–water partition coefficient (Wildman–Crippen LogP) is 4.85. The number of nitro benzene ring substituents is 1. The lowest BCUT2D eigenvalue weighted by atomic mass is 9.99. The zero-order chi connectivity index (χ0) is 20.5. The van der Waals surface area contributed by atoms with Gasteiger partial charge in [0.1, 0.15) is 23.4 Å². The molecule has 0 aromatic heterocycles. The quantitative estimate of drug-likeness (QED) is 0.379. The van der Waals surface area contributed by atoms with E-state index in [-0.39, 0.29) is 46.2 Å². The summed E-state index contributed by atoms with van der Waals surface area (Å²) in [6.07, 6.45) is 0.401. The molecule has 148 valence electrons. The number of carbonyl (C=O) groups is 1. The molecule has 0 bridgehead atoms. The number of halogens is 4. The zero-order valence-electron chi connectivity index (χ0n) is 14.2. The first-order valence-electron chi connectivity index (χ1n) is 8.15. The molecule has 0 radical (unpaired) electrons. The third kappa shape index (κ3) is 3.89. The van der Waals surface area contributed by atoms with E-state index in [0.717, 1.165) is 0 Å². The van der Waals surface area contributed by atoms with Crippen LogP contribution in [0, 0.1) is 16.0 Å². The topological polar surface area (TPSA) is 81.5 Å². The van der Waals surface area contributed by atoms with Gasteiger partial charge in [-0.25, -0.2) is 4.39 Å². The van der Waals surface area contributed by atoms with E-state index in [9.17, 15) is 23.7 Å². The Labute approximate surface area is 162 Å². The van der Waals surface area contributed by atoms with Gasteiger partial charge in [-0.2, -0.15) is 8.78 Å². The summed E-state index contributed by atoms with van der Waals surface area (Å²) < 4.78 is 45.1. The van der Waals surface area contributed by atoms with Crippen LogP contribution < -0.4 is 10.1 Å². The van der Waals surface area contributed by atoms with Crippen molar-refractivity contribution in [3.05, 3.63) is 62.7 Å². The maximum absolute atomic E-state index is 15.0. The van der Waals surface area contributed by atoms with Crippen molar-refractivity contribution in [3.8, 4) is 5.75 Å². The SMILES string of the molecule is O=CC1CC1(F)c1cccc(OC(F)F)c1CNc1cc(Cl)ccc1[N+](=O)[O-]. The summed E-state index contributed by atoms with van der Waals surface area (Å²) >= 11 is 5.87. The zero-order valence-corrected chi connectivity index (χ0v) is 15.0. The normalized spacial score (nSPS) is 20.7. The largest absolute Gasteiger partial charge is 0.434 e. The fourth-order valence-electron chi connectivity index (χ4n) is 3.06. The van der Waals surface area contributed by atoms with Gasteiger partial charge in [-0.05, 0) is 30.2 Å². The van der Waals surface area contributed by atoms with E-state index < -0.39 is 23.1 Å². The number of hydrogen-bond donors (Lipinski definition) is 1. The Balaban J connectivity index is 1.98. The molecule has 2 aromatic carbocycles. The van der Waals surface area contributed by atoms with Gasteiger partial charge in [-0.15, -0.1) is 0 Å². The van der Waals surface area contributed by atoms with Gasteiger partial charge in [0.2, 0.25) is 0 Å². The molecular formula is C18H14ClF3N2O4. The van der Waals surface area contributed by atoms with Crippen LogP contribution in [0.1, 0.15) is 17.5 Å². The molecule has 0 amide bonds. The first-order valence-corrected chi connectivity index (χ1v) is 8.53. The van der Waals surface area contributed by atoms with Gasteiger partial charge in [-0.1, -0.05) is 23.7 Å². The average Bonchev–Trinajstić information content (AvgIpc) is 3.31. The molecule has 2 atom stereocenters. The molecule has 3 rings (SSSR count). The fourth-order valence-corrected chi connectivity index (χ4v) is 3.24. The first kappa shape index (κ1) is 19.9. The Kier molecular flexibility index (Phi) is 5.46. The third-order valence-corrected chi connectivity index (χ3v) is 4.75. The minimum Gasteiger partial charge on any atom is -0.434 e. The lowest BCUT2D eigenvalue weighted by Crippen LogP contribution is -2.14. The van der Waals surface area contributed by atoms with Gasteiger partial charge in [0.05, 0.1) is 10.8 Å². The number of hydrogen-bond acceptors (Lipinski definition) is 5. The molecule has 1 saturated carbocycles. The van der Waals surface area contributed by atoms with Gasteiger partial charge in [0.25, 0.3) is 5.69 Å². The van der Waals surface area contributed by atoms with Crippen molar-refractivity contribution in [3.63, 3.8) is 0 Å². The van der Waals surface area contributed by atoms with Crippen LogP contribution in [-0.4, -0.2) is 17.8 Å². The number of alkyl halides is 3. The minimum absolute atomic E-state index is 0.0277. The summed E-state index contributed by atoms with van der Waals surface area (Å²) in [7, 11) is 0. The summed E-state index contributed by atoms with van der Waals surface area (Å²) in [5, 5.41) is 14.1. The average molecular weight is 415 g/mol. The van der Waals surface area contributed by atoms with Crippen LogP contribution in [-0.2, 0) is 17.0 Å². The number of nitro groups is 1. The van der Waals surface area contributed by atoms with Gasteiger partial charge >= 0.3 is 6.61 Å². The number of carbonyl (C=O) groups excluding carboxylic acids is 1. The van der Waals surface area contributed by atoms with Crippen molar-refractivity contribution < 1.29 is 27.6 Å². The van der Waals surface area contributed by atoms with E-state index in [2.05, 4.69) is 10.1 Å². The van der Waals surface area contributed by atoms with Crippen molar-refractivity contribution in [1.29, 1.82) is 0 Å². The Morgan fingerprint density at radius 2 is 2.14 bits per heavy atom. The van der Waals surface area contributed by atoms with E-state index in [1.54, 1.807) is 0 Å². The van der Waals surface area contributed by atoms with Crippen molar-refractivity contribution in [2.24, 2.45) is 5.92 Å². The molecule has 0 saturated heterocycles. The number of rotatable bonds is 8. The highest BCUT2D eigenvalue weighted by Gasteiger charge is 2.58. The summed E-state index contributed by atoms with van der Waals surface area (Å²) in [5.74, 6) is -1.16. The molecule has 0 heterocycles. The number of aldehydes is 1. The maximum atomic E-state index is 15.0. The number of nitrogens with one attached hydrogen (secondary N) is 1. The molecule has 6 nitrogen and oxygen atoms in total. The molecule has 1 aliphatic carbocycles. The second kappa shape index (κ2) is 7.67. The van der Waals surface area contributed by atoms with E-state index in [0.29, 0.717) is 6.29 Å². The molecule has 28 heavy (non-hydrogen) atoms. The molecular weight excluding hydrogens is 401 g/mol. The second-order valence-electron chi connectivity index (χ2n) is 6.24. The fraction of sp³-hybridized carbons (Fsp3) is 0.278. The summed E-state index contributed by atoms with van der Waals surface area (Å²) in [6.45, 7) is -3.40. The molecule has 1 aliphatic rings. The van der Waals surface area contributed by atoms with E-state index in [4.69, 9.17) is 11.6 Å². The van der Waals surface area contributed by atoms with Crippen LogP contribution in [0.5, 0.6) is 5.75 Å². The molecule has 0 aliphatic heterocycles. The Morgan fingerprint density at radius 3 is 2.75 bits per heavy atom. The summed E-state index contributed by atoms with van der Waals surface area (Å²) in [4.78, 5) is 21.5. The van der Waals surface area contributed by atoms with E-state index in [1.165, 1.54) is 36.4 Å². The van der Waals surface area contributed by atoms with Crippen molar-refractivity contribution in [1.82, 2.24) is 0 Å². The van der Waals surface area contributed by atoms with Crippen LogP contribution in [0.25, 0.3) is 0 Å². The Hall–Kier alpha value is -2.81. The first-order chi connectivity index (χ1) is 13.3. The van der Waals surface area contributed by atoms with Crippen molar-refractivity contribution in [2.75, 3.05) is 5.32 Å². The predicted molar refractivity (Wildman–Crippen MR) is 95.5 cm³/mol. The molecule has 0 spiro atoms. The highest BCUT2D eigenvalue weighted by Crippen LogP contribution is 2.56. The summed E-state index contributed by atoms with van der Waals surface area (Å²) in [5.41, 5.74) is -2.17. The lowest BCUT2D eigenvalue weighted by molar-refractivity contribution is -0.384. The standard InChI is InChI=1S/C18H14ClF3N2O4/c19-11-4-5-15(24(26)27)14(6-11)23-8-12-13(18(22)7-10(18)9-25)2-1-3-16(12)28-17(20)21/h1-6,9-10,17,23H,7-8H2. The number of nitrogens with zero attached hydrogens (tertiary/aromatic N) is 1. The van der Waals surface area contributed by atoms with Crippen molar-refractivity contribution >= 4 is 29.3 Å². The maximum Gasteiger partial charge on any atom is 0.387 e. The third-order valence-electron chi connectivity index (χ3n) is 4.52. The van der Waals surface area contributed by atoms with Gasteiger partial charge in [0.15, 0.2) is 0 Å². The lowest BCUT2D eigenvalue weighted by Gasteiger charge is -2.18. The van der Waals surface area contributed by atoms with Gasteiger partial charge in [0, 0.05) is 23.2 Å². The van der Waals surface area contributed by atoms with E-state index in [1.807, 2.05) is 0 Å². The van der Waals surface area contributed by atoms with E-state index >= 15 is 4.39 Å². The van der Waals surface area contributed by atoms with Crippen LogP contribution in [0.15, 0.2) is 36.4 Å². The Bertz CT molecular complexity index is 928. The Morgan fingerprint density at radius 1 is 1.39 bits per heavy atom. The molecule has 2 aromatic rings. The highest BCUT2D eigenvalue weighted by molar-refractivity contribution is 6.31. The van der Waals surface area contributed by atoms with Gasteiger partial charge < -0.3 is 14.8 Å². The molecule has 1 N–H and O–H groups in total.